The molecule has 8 nitrogen and oxygen atoms in total. The van der Waals surface area contributed by atoms with E-state index in [9.17, 15) is 41.4 Å². The highest BCUT2D eigenvalue weighted by Crippen LogP contribution is 2.51. The Morgan fingerprint density at radius 2 is 1.70 bits per heavy atom. The topological polar surface area (TPSA) is 104 Å². The number of amides is 1. The first-order chi connectivity index (χ1) is 18.3. The molecule has 0 spiro atoms. The van der Waals surface area contributed by atoms with Gasteiger partial charge in [0.25, 0.3) is 11.5 Å². The van der Waals surface area contributed by atoms with Crippen LogP contribution in [0.3, 0.4) is 0 Å². The summed E-state index contributed by atoms with van der Waals surface area (Å²) in [5, 5.41) is 28.5. The number of nitrogens with zero attached hydrogens (tertiary/aromatic N) is 5. The number of hydrogen-bond acceptors (Lipinski definition) is 7. The lowest BCUT2D eigenvalue weighted by Crippen LogP contribution is -2.53. The van der Waals surface area contributed by atoms with E-state index in [0.717, 1.165) is 30.2 Å². The number of aryl methyl sites for hydroxylation is 1. The van der Waals surface area contributed by atoms with E-state index in [1.54, 1.807) is 11.9 Å². The molecule has 3 heterocycles. The summed E-state index contributed by atoms with van der Waals surface area (Å²) in [4.78, 5) is 19.9. The van der Waals surface area contributed by atoms with Gasteiger partial charge in [0.2, 0.25) is 0 Å². The number of aromatic nitrogens is 4. The Labute approximate surface area is 229 Å². The van der Waals surface area contributed by atoms with Gasteiger partial charge in [-0.2, -0.15) is 26.3 Å². The van der Waals surface area contributed by atoms with Crippen molar-refractivity contribution in [2.45, 2.75) is 70.1 Å². The normalized spacial score (nSPS) is 17.1. The first-order valence-corrected chi connectivity index (χ1v) is 13.0. The Morgan fingerprint density at radius 3 is 2.17 bits per heavy atom. The molecule has 2 aromatic heterocycles. The van der Waals surface area contributed by atoms with E-state index in [2.05, 4.69) is 15.2 Å². The molecule has 1 unspecified atom stereocenters. The maximum absolute atomic E-state index is 13.6. The van der Waals surface area contributed by atoms with Crippen LogP contribution in [-0.2, 0) is 18.2 Å². The fourth-order valence-electron chi connectivity index (χ4n) is 4.79. The molecular formula is C25H27F6N5O3S. The second kappa shape index (κ2) is 9.80. The van der Waals surface area contributed by atoms with Crippen LogP contribution in [0.4, 0.5) is 26.3 Å². The molecule has 4 rings (SSSR count). The number of benzene rings is 1. The number of carbonyl (C=O) groups is 1. The molecule has 1 amide bonds. The average molecular weight is 592 g/mol. The molecule has 1 atom stereocenters. The van der Waals surface area contributed by atoms with Crippen LogP contribution in [0.5, 0.6) is 0 Å². The molecule has 218 valence electrons. The summed E-state index contributed by atoms with van der Waals surface area (Å²) in [6.07, 6.45) is -10.5. The first-order valence-electron chi connectivity index (χ1n) is 12.2. The quantitative estimate of drug-likeness (QED) is 0.402. The van der Waals surface area contributed by atoms with Crippen molar-refractivity contribution in [3.8, 4) is 21.3 Å². The van der Waals surface area contributed by atoms with Crippen molar-refractivity contribution < 1.29 is 41.4 Å². The van der Waals surface area contributed by atoms with E-state index in [1.165, 1.54) is 25.3 Å². The lowest BCUT2D eigenvalue weighted by molar-refractivity contribution is -0.376. The first kappa shape index (κ1) is 29.9. The highest BCUT2D eigenvalue weighted by atomic mass is 32.1. The van der Waals surface area contributed by atoms with Gasteiger partial charge in [-0.15, -0.1) is 21.5 Å². The minimum atomic E-state index is -6.03. The van der Waals surface area contributed by atoms with Crippen LogP contribution >= 0.6 is 11.3 Å². The number of carbonyl (C=O) groups excluding carboxylic acids is 1. The number of halogens is 6. The van der Waals surface area contributed by atoms with Crippen LogP contribution in [0.2, 0.25) is 0 Å². The third-order valence-electron chi connectivity index (χ3n) is 6.97. The van der Waals surface area contributed by atoms with Crippen molar-refractivity contribution in [3.05, 3.63) is 40.8 Å². The van der Waals surface area contributed by atoms with E-state index in [4.69, 9.17) is 0 Å². The molecule has 1 aliphatic rings. The predicted molar refractivity (Wildman–Crippen MR) is 133 cm³/mol. The van der Waals surface area contributed by atoms with Gasteiger partial charge < -0.3 is 19.7 Å². The van der Waals surface area contributed by atoms with Gasteiger partial charge in [-0.3, -0.25) is 4.79 Å². The summed E-state index contributed by atoms with van der Waals surface area (Å²) < 4.78 is 82.3. The van der Waals surface area contributed by atoms with Crippen molar-refractivity contribution in [1.82, 2.24) is 24.6 Å². The fraction of sp³-hybridized carbons (Fsp3) is 0.520. The lowest BCUT2D eigenvalue weighted by atomic mass is 9.89. The highest BCUT2D eigenvalue weighted by molar-refractivity contribution is 7.18. The molecule has 0 aliphatic carbocycles. The summed E-state index contributed by atoms with van der Waals surface area (Å²) in [6, 6.07) is 2.06. The SMILES string of the molecule is Cc1cc(C(O)(C(F)(F)F)C(F)(F)F)ccc1-c1sc(-c2nnc(C(C)(C)O)n2C)nc1C(=O)N1CCCC1C. The average Bonchev–Trinajstić information content (AvgIpc) is 3.54. The van der Waals surface area contributed by atoms with Crippen molar-refractivity contribution in [1.29, 1.82) is 0 Å². The van der Waals surface area contributed by atoms with Gasteiger partial charge >= 0.3 is 12.4 Å². The van der Waals surface area contributed by atoms with Crippen LogP contribution in [0.15, 0.2) is 18.2 Å². The Morgan fingerprint density at radius 1 is 1.07 bits per heavy atom. The van der Waals surface area contributed by atoms with Crippen LogP contribution in [0.1, 0.15) is 61.1 Å². The standard InChI is InChI=1S/C25H27F6N5O3S/c1-12-11-14(23(39,24(26,27)28)25(29,30)31)8-9-15(12)17-16(20(37)36-10-6-7-13(36)2)32-19(40-17)18-33-34-21(35(18)5)22(3,4)38/h8-9,11,13,38-39H,6-7,10H2,1-5H3. The number of aliphatic hydroxyl groups is 2. The van der Waals surface area contributed by atoms with E-state index in [0.29, 0.717) is 18.7 Å². The zero-order valence-electron chi connectivity index (χ0n) is 22.1. The van der Waals surface area contributed by atoms with E-state index in [-0.39, 0.29) is 44.4 Å². The maximum atomic E-state index is 13.6. The monoisotopic (exact) mass is 591 g/mol. The molecular weight excluding hydrogens is 564 g/mol. The van der Waals surface area contributed by atoms with Gasteiger partial charge in [-0.25, -0.2) is 4.98 Å². The van der Waals surface area contributed by atoms with Crippen LogP contribution in [0.25, 0.3) is 21.3 Å². The Kier molecular flexibility index (Phi) is 7.33. The molecule has 0 bridgehead atoms. The molecule has 0 radical (unpaired) electrons. The molecule has 1 aliphatic heterocycles. The van der Waals surface area contributed by atoms with Crippen LogP contribution in [-0.4, -0.2) is 65.7 Å². The molecule has 2 N–H and O–H groups in total. The summed E-state index contributed by atoms with van der Waals surface area (Å²) >= 11 is 0.960. The zero-order chi connectivity index (χ0) is 30.0. The van der Waals surface area contributed by atoms with Gasteiger partial charge in [0.1, 0.15) is 11.3 Å². The molecule has 1 saturated heterocycles. The van der Waals surface area contributed by atoms with Gasteiger partial charge in [0.05, 0.1) is 4.88 Å². The Balaban J connectivity index is 1.89. The number of likely N-dealkylation sites (tertiary alicyclic amines) is 1. The number of hydrogen-bond donors (Lipinski definition) is 2. The lowest BCUT2D eigenvalue weighted by Gasteiger charge is -2.33. The highest BCUT2D eigenvalue weighted by Gasteiger charge is 2.71. The van der Waals surface area contributed by atoms with Crippen molar-refractivity contribution in [3.63, 3.8) is 0 Å². The molecule has 15 heteroatoms. The molecule has 40 heavy (non-hydrogen) atoms. The van der Waals surface area contributed by atoms with Crippen molar-refractivity contribution in [2.24, 2.45) is 7.05 Å². The van der Waals surface area contributed by atoms with E-state index >= 15 is 0 Å². The molecule has 1 aromatic carbocycles. The molecule has 1 fully saturated rings. The smallest absolute Gasteiger partial charge is 0.382 e. The summed E-state index contributed by atoms with van der Waals surface area (Å²) in [7, 11) is 1.59. The van der Waals surface area contributed by atoms with Crippen molar-refractivity contribution >= 4 is 17.2 Å². The number of rotatable bonds is 5. The molecule has 3 aromatic rings. The minimum absolute atomic E-state index is 0.0423. The van der Waals surface area contributed by atoms with Gasteiger partial charge in [-0.05, 0) is 51.7 Å². The number of thiazole rings is 1. The second-order valence-corrected chi connectivity index (χ2v) is 11.4. The summed E-state index contributed by atoms with van der Waals surface area (Å²) in [6.45, 7) is 6.62. The Hall–Kier alpha value is -3.04. The molecule has 0 saturated carbocycles. The second-order valence-electron chi connectivity index (χ2n) is 10.4. The van der Waals surface area contributed by atoms with Gasteiger partial charge in [0, 0.05) is 25.2 Å². The summed E-state index contributed by atoms with van der Waals surface area (Å²) in [5.74, 6) is -0.0351. The zero-order valence-corrected chi connectivity index (χ0v) is 23.0. The Bertz CT molecular complexity index is 1430. The predicted octanol–water partition coefficient (Wildman–Crippen LogP) is 5.08. The van der Waals surface area contributed by atoms with E-state index < -0.39 is 35.0 Å². The van der Waals surface area contributed by atoms with Crippen molar-refractivity contribution in [2.75, 3.05) is 6.54 Å². The third kappa shape index (κ3) is 4.87. The fourth-order valence-corrected chi connectivity index (χ4v) is 5.96. The van der Waals surface area contributed by atoms with Crippen LogP contribution < -0.4 is 0 Å². The number of alkyl halides is 6. The maximum Gasteiger partial charge on any atom is 0.430 e. The third-order valence-corrected chi connectivity index (χ3v) is 8.05. The largest absolute Gasteiger partial charge is 0.430 e. The minimum Gasteiger partial charge on any atom is -0.382 e. The van der Waals surface area contributed by atoms with Gasteiger partial charge in [-0.1, -0.05) is 18.2 Å². The van der Waals surface area contributed by atoms with Crippen LogP contribution in [0, 0.1) is 6.92 Å². The van der Waals surface area contributed by atoms with Gasteiger partial charge in [0.15, 0.2) is 16.7 Å². The van der Waals surface area contributed by atoms with E-state index in [1.807, 2.05) is 6.92 Å². The summed E-state index contributed by atoms with van der Waals surface area (Å²) in [5.41, 5.74) is -7.76.